The Morgan fingerprint density at radius 2 is 2.31 bits per heavy atom. The van der Waals surface area contributed by atoms with Gasteiger partial charge >= 0.3 is 5.97 Å². The van der Waals surface area contributed by atoms with E-state index in [1.54, 1.807) is 16.8 Å². The predicted octanol–water partition coefficient (Wildman–Crippen LogP) is 0.736. The van der Waals surface area contributed by atoms with Crippen LogP contribution in [0.1, 0.15) is 16.2 Å². The Balaban J connectivity index is 2.84. The second kappa shape index (κ2) is 2.55. The van der Waals surface area contributed by atoms with Crippen LogP contribution in [0.4, 0.5) is 0 Å². The van der Waals surface area contributed by atoms with Crippen LogP contribution in [0.15, 0.2) is 18.6 Å². The number of aromatic nitrogens is 3. The number of hydrogen-bond donors (Lipinski definition) is 1. The van der Waals surface area contributed by atoms with E-state index in [0.29, 0.717) is 5.65 Å². The van der Waals surface area contributed by atoms with Crippen LogP contribution in [-0.4, -0.2) is 25.4 Å². The van der Waals surface area contributed by atoms with Gasteiger partial charge in [-0.05, 0) is 6.92 Å². The Morgan fingerprint density at radius 1 is 1.54 bits per heavy atom. The van der Waals surface area contributed by atoms with Crippen molar-refractivity contribution in [3.8, 4) is 0 Å². The predicted molar refractivity (Wildman–Crippen MR) is 44.7 cm³/mol. The van der Waals surface area contributed by atoms with Gasteiger partial charge in [0, 0.05) is 24.3 Å². The highest BCUT2D eigenvalue weighted by Gasteiger charge is 2.11. The molecule has 0 radical (unpaired) electrons. The van der Waals surface area contributed by atoms with Crippen molar-refractivity contribution in [3.05, 3.63) is 30.0 Å². The Kier molecular flexibility index (Phi) is 1.51. The molecule has 0 fully saturated rings. The van der Waals surface area contributed by atoms with Gasteiger partial charge in [0.25, 0.3) is 0 Å². The normalized spacial score (nSPS) is 10.5. The summed E-state index contributed by atoms with van der Waals surface area (Å²) in [6.07, 6.45) is 4.75. The number of nitrogens with zero attached hydrogens (tertiary/aromatic N) is 3. The van der Waals surface area contributed by atoms with E-state index in [1.165, 1.54) is 6.20 Å². The van der Waals surface area contributed by atoms with Crippen molar-refractivity contribution in [1.29, 1.82) is 0 Å². The molecule has 0 aliphatic heterocycles. The molecule has 0 aliphatic rings. The number of hydrogen-bond acceptors (Lipinski definition) is 3. The molecule has 5 heteroatoms. The first-order chi connectivity index (χ1) is 6.20. The summed E-state index contributed by atoms with van der Waals surface area (Å²) in [4.78, 5) is 18.4. The topological polar surface area (TPSA) is 67.5 Å². The summed E-state index contributed by atoms with van der Waals surface area (Å²) in [5.41, 5.74) is 1.25. The van der Waals surface area contributed by atoms with Gasteiger partial charge in [-0.1, -0.05) is 0 Å². The van der Waals surface area contributed by atoms with Gasteiger partial charge < -0.3 is 9.51 Å². The third-order valence-electron chi connectivity index (χ3n) is 1.82. The minimum absolute atomic E-state index is 0.0180. The summed E-state index contributed by atoms with van der Waals surface area (Å²) < 4.78 is 1.69. The van der Waals surface area contributed by atoms with Crippen LogP contribution in [0.25, 0.3) is 5.65 Å². The van der Waals surface area contributed by atoms with E-state index in [1.807, 2.05) is 6.92 Å². The molecule has 0 aliphatic carbocycles. The van der Waals surface area contributed by atoms with Gasteiger partial charge in [0.15, 0.2) is 11.3 Å². The van der Waals surface area contributed by atoms with Gasteiger partial charge in [-0.25, -0.2) is 14.8 Å². The molecule has 5 nitrogen and oxygen atoms in total. The zero-order chi connectivity index (χ0) is 9.42. The summed E-state index contributed by atoms with van der Waals surface area (Å²) in [7, 11) is 0. The number of aryl methyl sites for hydroxylation is 1. The number of rotatable bonds is 1. The molecule has 2 rings (SSSR count). The molecule has 0 bridgehead atoms. The number of carbonyl (C=O) groups is 1. The maximum atomic E-state index is 10.7. The lowest BCUT2D eigenvalue weighted by Gasteiger charge is -1.97. The maximum Gasteiger partial charge on any atom is 0.358 e. The number of aromatic carboxylic acids is 1. The fraction of sp³-hybridized carbons (Fsp3) is 0.125. The van der Waals surface area contributed by atoms with Crippen molar-refractivity contribution in [2.75, 3.05) is 0 Å². The van der Waals surface area contributed by atoms with Crippen LogP contribution in [0.5, 0.6) is 0 Å². The largest absolute Gasteiger partial charge is 0.476 e. The number of carboxylic acid groups (broad SMARTS) is 1. The van der Waals surface area contributed by atoms with Crippen LogP contribution in [0, 0.1) is 6.92 Å². The first kappa shape index (κ1) is 7.72. The Hall–Kier alpha value is -1.91. The van der Waals surface area contributed by atoms with Crippen molar-refractivity contribution in [2.45, 2.75) is 6.92 Å². The number of imidazole rings is 1. The first-order valence-electron chi connectivity index (χ1n) is 3.72. The van der Waals surface area contributed by atoms with E-state index in [2.05, 4.69) is 9.97 Å². The van der Waals surface area contributed by atoms with Crippen LogP contribution >= 0.6 is 0 Å². The van der Waals surface area contributed by atoms with Crippen LogP contribution in [-0.2, 0) is 0 Å². The molecule has 0 saturated carbocycles. The number of fused-ring (bicyclic) bond motifs is 1. The molecule has 0 amide bonds. The van der Waals surface area contributed by atoms with Gasteiger partial charge in [0.1, 0.15) is 0 Å². The van der Waals surface area contributed by atoms with Crippen molar-refractivity contribution < 1.29 is 9.90 Å². The van der Waals surface area contributed by atoms with Gasteiger partial charge in [0.2, 0.25) is 0 Å². The van der Waals surface area contributed by atoms with Crippen molar-refractivity contribution in [3.63, 3.8) is 0 Å². The molecule has 13 heavy (non-hydrogen) atoms. The van der Waals surface area contributed by atoms with Crippen molar-refractivity contribution >= 4 is 11.6 Å². The lowest BCUT2D eigenvalue weighted by atomic mass is 10.4. The monoisotopic (exact) mass is 177 g/mol. The van der Waals surface area contributed by atoms with Gasteiger partial charge in [-0.2, -0.15) is 0 Å². The average Bonchev–Trinajstić information content (AvgIpc) is 2.48. The van der Waals surface area contributed by atoms with Crippen molar-refractivity contribution in [2.24, 2.45) is 0 Å². The fourth-order valence-electron chi connectivity index (χ4n) is 1.19. The van der Waals surface area contributed by atoms with Gasteiger partial charge in [0.05, 0.1) is 0 Å². The highest BCUT2D eigenvalue weighted by Crippen LogP contribution is 2.08. The summed E-state index contributed by atoms with van der Waals surface area (Å²) in [6.45, 7) is 1.85. The highest BCUT2D eigenvalue weighted by atomic mass is 16.4. The first-order valence-corrected chi connectivity index (χ1v) is 3.72. The van der Waals surface area contributed by atoms with E-state index in [0.717, 1.165) is 5.69 Å². The molecule has 2 aromatic heterocycles. The SMILES string of the molecule is Cc1cnc2c(C(=O)O)nccn12. The standard InChI is InChI=1S/C8H7N3O2/c1-5-4-10-7-6(8(12)13)9-2-3-11(5)7/h2-4H,1H3,(H,12,13). The molecule has 0 atom stereocenters. The third kappa shape index (κ3) is 1.05. The smallest absolute Gasteiger partial charge is 0.358 e. The minimum Gasteiger partial charge on any atom is -0.476 e. The molecule has 0 aromatic carbocycles. The van der Waals surface area contributed by atoms with E-state index in [4.69, 9.17) is 5.11 Å². The highest BCUT2D eigenvalue weighted by molar-refractivity contribution is 5.91. The summed E-state index contributed by atoms with van der Waals surface area (Å²) >= 11 is 0. The minimum atomic E-state index is -1.06. The van der Waals surface area contributed by atoms with Crippen LogP contribution in [0.3, 0.4) is 0 Å². The Morgan fingerprint density at radius 3 is 3.00 bits per heavy atom. The second-order valence-electron chi connectivity index (χ2n) is 2.67. The van der Waals surface area contributed by atoms with Crippen LogP contribution < -0.4 is 0 Å². The summed E-state index contributed by atoms with van der Waals surface area (Å²) in [5.74, 6) is -1.06. The zero-order valence-corrected chi connectivity index (χ0v) is 6.93. The van der Waals surface area contributed by atoms with Crippen molar-refractivity contribution in [1.82, 2.24) is 14.4 Å². The molecule has 0 unspecified atom stereocenters. The van der Waals surface area contributed by atoms with E-state index in [-0.39, 0.29) is 5.69 Å². The fourth-order valence-corrected chi connectivity index (χ4v) is 1.19. The molecule has 2 heterocycles. The molecule has 0 spiro atoms. The third-order valence-corrected chi connectivity index (χ3v) is 1.82. The number of carboxylic acids is 1. The Labute approximate surface area is 73.7 Å². The van der Waals surface area contributed by atoms with Gasteiger partial charge in [-0.15, -0.1) is 0 Å². The van der Waals surface area contributed by atoms with E-state index >= 15 is 0 Å². The van der Waals surface area contributed by atoms with E-state index in [9.17, 15) is 4.79 Å². The second-order valence-corrected chi connectivity index (χ2v) is 2.67. The molecule has 2 aromatic rings. The van der Waals surface area contributed by atoms with Crippen LogP contribution in [0.2, 0.25) is 0 Å². The molecule has 66 valence electrons. The molecular formula is C8H7N3O2. The Bertz CT molecular complexity index is 475. The molecular weight excluding hydrogens is 170 g/mol. The zero-order valence-electron chi connectivity index (χ0n) is 6.93. The molecule has 0 saturated heterocycles. The lowest BCUT2D eigenvalue weighted by molar-refractivity contribution is 0.0692. The maximum absolute atomic E-state index is 10.7. The summed E-state index contributed by atoms with van der Waals surface area (Å²) in [5, 5.41) is 8.78. The van der Waals surface area contributed by atoms with Gasteiger partial charge in [-0.3, -0.25) is 0 Å². The molecule has 1 N–H and O–H groups in total. The lowest BCUT2D eigenvalue weighted by Crippen LogP contribution is -2.04. The summed E-state index contributed by atoms with van der Waals surface area (Å²) in [6, 6.07) is 0. The van der Waals surface area contributed by atoms with E-state index < -0.39 is 5.97 Å². The quantitative estimate of drug-likeness (QED) is 0.697. The average molecular weight is 177 g/mol.